The molecule has 1 amide bonds. The molecule has 1 aromatic heterocycles. The van der Waals surface area contributed by atoms with Gasteiger partial charge < -0.3 is 9.73 Å². The fourth-order valence-electron chi connectivity index (χ4n) is 2.20. The molecule has 1 saturated heterocycles. The van der Waals surface area contributed by atoms with Gasteiger partial charge in [-0.2, -0.15) is 0 Å². The third kappa shape index (κ3) is 3.76. The van der Waals surface area contributed by atoms with Crippen molar-refractivity contribution in [2.75, 3.05) is 11.5 Å². The van der Waals surface area contributed by atoms with Crippen LogP contribution in [0.15, 0.2) is 9.64 Å². The molecule has 2 heterocycles. The van der Waals surface area contributed by atoms with Crippen molar-refractivity contribution in [3.05, 3.63) is 5.89 Å². The molecule has 1 aliphatic heterocycles. The maximum atomic E-state index is 12.1. The summed E-state index contributed by atoms with van der Waals surface area (Å²) < 4.78 is 28.2. The molecule has 7 nitrogen and oxygen atoms in total. The summed E-state index contributed by atoms with van der Waals surface area (Å²) in [6.07, 6.45) is 2.65. The van der Waals surface area contributed by atoms with Gasteiger partial charge in [-0.15, -0.1) is 10.2 Å². The number of amides is 1. The third-order valence-electron chi connectivity index (χ3n) is 3.57. The average Bonchev–Trinajstić information content (AvgIpc) is 3.07. The van der Waals surface area contributed by atoms with Crippen LogP contribution in [0.4, 0.5) is 0 Å². The van der Waals surface area contributed by atoms with Gasteiger partial charge in [0, 0.05) is 12.0 Å². The Kier molecular flexibility index (Phi) is 3.96. The van der Waals surface area contributed by atoms with Gasteiger partial charge in [0.15, 0.2) is 9.84 Å². The molecule has 0 bridgehead atoms. The van der Waals surface area contributed by atoms with Crippen molar-refractivity contribution < 1.29 is 17.6 Å². The van der Waals surface area contributed by atoms with Crippen LogP contribution >= 0.6 is 11.8 Å². The summed E-state index contributed by atoms with van der Waals surface area (Å²) in [6, 6.07) is -0.282. The van der Waals surface area contributed by atoms with Crippen LogP contribution in [0.2, 0.25) is 0 Å². The normalized spacial score (nSPS) is 25.7. The summed E-state index contributed by atoms with van der Waals surface area (Å²) in [5.74, 6) is 1.01. The van der Waals surface area contributed by atoms with E-state index in [0.717, 1.165) is 12.8 Å². The molecule has 0 aromatic carbocycles. The van der Waals surface area contributed by atoms with Crippen molar-refractivity contribution in [2.45, 2.75) is 48.6 Å². The quantitative estimate of drug-likeness (QED) is 0.793. The fourth-order valence-corrected chi connectivity index (χ4v) is 4.57. The maximum Gasteiger partial charge on any atom is 0.277 e. The van der Waals surface area contributed by atoms with Gasteiger partial charge in [-0.05, 0) is 26.2 Å². The molecule has 0 radical (unpaired) electrons. The first-order valence-electron chi connectivity index (χ1n) is 6.94. The molecule has 21 heavy (non-hydrogen) atoms. The molecule has 116 valence electrons. The van der Waals surface area contributed by atoms with E-state index < -0.39 is 15.1 Å². The van der Waals surface area contributed by atoms with Crippen molar-refractivity contribution >= 4 is 27.5 Å². The Bertz CT molecular complexity index is 639. The van der Waals surface area contributed by atoms with Gasteiger partial charge in [0.05, 0.1) is 16.8 Å². The molecule has 0 spiro atoms. The number of carbonyl (C=O) groups is 1. The number of rotatable bonds is 5. The minimum Gasteiger partial charge on any atom is -0.416 e. The summed E-state index contributed by atoms with van der Waals surface area (Å²) in [7, 11) is -2.99. The van der Waals surface area contributed by atoms with Crippen LogP contribution < -0.4 is 5.32 Å². The molecule has 2 aliphatic rings. The second-order valence-corrected chi connectivity index (χ2v) is 9.07. The van der Waals surface area contributed by atoms with E-state index in [0.29, 0.717) is 23.5 Å². The summed E-state index contributed by atoms with van der Waals surface area (Å²) in [6.45, 7) is 1.74. The highest BCUT2D eigenvalue weighted by atomic mass is 32.2. The van der Waals surface area contributed by atoms with Crippen molar-refractivity contribution in [3.8, 4) is 0 Å². The van der Waals surface area contributed by atoms with Gasteiger partial charge in [-0.3, -0.25) is 4.79 Å². The smallest absolute Gasteiger partial charge is 0.277 e. The predicted octanol–water partition coefficient (Wildman–Crippen LogP) is 0.731. The van der Waals surface area contributed by atoms with Crippen molar-refractivity contribution in [3.63, 3.8) is 0 Å². The zero-order chi connectivity index (χ0) is 15.0. The summed E-state index contributed by atoms with van der Waals surface area (Å²) in [4.78, 5) is 12.1. The largest absolute Gasteiger partial charge is 0.416 e. The maximum absolute atomic E-state index is 12.1. The Morgan fingerprint density at radius 2 is 2.14 bits per heavy atom. The van der Waals surface area contributed by atoms with Crippen molar-refractivity contribution in [2.24, 2.45) is 0 Å². The molecule has 2 fully saturated rings. The van der Waals surface area contributed by atoms with Gasteiger partial charge in [-0.1, -0.05) is 11.8 Å². The Balaban J connectivity index is 1.52. The Morgan fingerprint density at radius 3 is 2.76 bits per heavy atom. The van der Waals surface area contributed by atoms with E-state index >= 15 is 0 Å². The molecule has 0 unspecified atom stereocenters. The second-order valence-electron chi connectivity index (χ2n) is 5.55. The number of hydrogen-bond acceptors (Lipinski definition) is 7. The van der Waals surface area contributed by atoms with Crippen LogP contribution in [0.3, 0.4) is 0 Å². The number of sulfone groups is 1. The zero-order valence-corrected chi connectivity index (χ0v) is 13.2. The number of nitrogens with one attached hydrogen (secondary N) is 1. The Labute approximate surface area is 127 Å². The monoisotopic (exact) mass is 331 g/mol. The second kappa shape index (κ2) is 5.60. The van der Waals surface area contributed by atoms with Gasteiger partial charge in [0.1, 0.15) is 0 Å². The lowest BCUT2D eigenvalue weighted by molar-refractivity contribution is -0.120. The summed E-state index contributed by atoms with van der Waals surface area (Å²) in [5.41, 5.74) is 0. The molecule has 1 N–H and O–H groups in total. The molecule has 1 aliphatic carbocycles. The third-order valence-corrected chi connectivity index (χ3v) is 6.28. The Morgan fingerprint density at radius 1 is 1.38 bits per heavy atom. The highest BCUT2D eigenvalue weighted by Gasteiger charge is 2.32. The molecule has 1 saturated carbocycles. The van der Waals surface area contributed by atoms with Crippen LogP contribution in [0, 0.1) is 0 Å². The standard InChI is InChI=1S/C12H17N3O4S2/c1-7(10(16)13-9-4-5-21(17,18)6-9)20-12-15-14-11(19-12)8-2-3-8/h7-9H,2-6H2,1H3,(H,13,16)/t7-,9-/m0/s1. The number of nitrogens with zero attached hydrogens (tertiary/aromatic N) is 2. The predicted molar refractivity (Wildman–Crippen MR) is 76.8 cm³/mol. The first-order valence-corrected chi connectivity index (χ1v) is 9.64. The molecule has 3 rings (SSSR count). The van der Waals surface area contributed by atoms with E-state index in [1.165, 1.54) is 11.8 Å². The van der Waals surface area contributed by atoms with Gasteiger partial charge in [-0.25, -0.2) is 8.42 Å². The number of aromatic nitrogens is 2. The van der Waals surface area contributed by atoms with E-state index in [9.17, 15) is 13.2 Å². The van der Waals surface area contributed by atoms with Gasteiger partial charge in [0.25, 0.3) is 5.22 Å². The highest BCUT2D eigenvalue weighted by Crippen LogP contribution is 2.40. The van der Waals surface area contributed by atoms with Crippen LogP contribution in [0.1, 0.15) is 38.0 Å². The number of carbonyl (C=O) groups excluding carboxylic acids is 1. The van der Waals surface area contributed by atoms with E-state index in [4.69, 9.17) is 4.42 Å². The van der Waals surface area contributed by atoms with E-state index in [-0.39, 0.29) is 23.5 Å². The van der Waals surface area contributed by atoms with E-state index in [1.807, 2.05) is 0 Å². The highest BCUT2D eigenvalue weighted by molar-refractivity contribution is 8.00. The number of thioether (sulfide) groups is 1. The molecule has 2 atom stereocenters. The molecule has 1 aromatic rings. The lowest BCUT2D eigenvalue weighted by atomic mass is 10.2. The lowest BCUT2D eigenvalue weighted by Gasteiger charge is -2.14. The van der Waals surface area contributed by atoms with Crippen LogP contribution in [0.25, 0.3) is 0 Å². The van der Waals surface area contributed by atoms with Crippen molar-refractivity contribution in [1.82, 2.24) is 15.5 Å². The number of hydrogen-bond donors (Lipinski definition) is 1. The SMILES string of the molecule is C[C@H](Sc1nnc(C2CC2)o1)C(=O)N[C@H]1CCS(=O)(=O)C1. The minimum atomic E-state index is -2.99. The Hall–Kier alpha value is -1.09. The summed E-state index contributed by atoms with van der Waals surface area (Å²) >= 11 is 1.20. The molecule has 9 heteroatoms. The van der Waals surface area contributed by atoms with Gasteiger partial charge >= 0.3 is 0 Å². The van der Waals surface area contributed by atoms with Crippen LogP contribution in [-0.4, -0.2) is 47.3 Å². The minimum absolute atomic E-state index is 0.0303. The zero-order valence-electron chi connectivity index (χ0n) is 11.6. The lowest BCUT2D eigenvalue weighted by Crippen LogP contribution is -2.39. The average molecular weight is 331 g/mol. The topological polar surface area (TPSA) is 102 Å². The fraction of sp³-hybridized carbons (Fsp3) is 0.750. The van der Waals surface area contributed by atoms with Gasteiger partial charge in [0.2, 0.25) is 11.8 Å². The molecular formula is C12H17N3O4S2. The first kappa shape index (κ1) is 14.8. The summed E-state index contributed by atoms with van der Waals surface area (Å²) in [5, 5.41) is 10.6. The van der Waals surface area contributed by atoms with Crippen LogP contribution in [-0.2, 0) is 14.6 Å². The van der Waals surface area contributed by atoms with E-state index in [1.54, 1.807) is 6.92 Å². The molecular weight excluding hydrogens is 314 g/mol. The van der Waals surface area contributed by atoms with Crippen molar-refractivity contribution in [1.29, 1.82) is 0 Å². The van der Waals surface area contributed by atoms with Crippen LogP contribution in [0.5, 0.6) is 0 Å². The van der Waals surface area contributed by atoms with E-state index in [2.05, 4.69) is 15.5 Å². The first-order chi connectivity index (χ1) is 9.93.